The summed E-state index contributed by atoms with van der Waals surface area (Å²) in [6.07, 6.45) is -0.577. The van der Waals surface area contributed by atoms with Gasteiger partial charge in [-0.1, -0.05) is 12.1 Å². The Morgan fingerprint density at radius 3 is 2.87 bits per heavy atom. The number of nitrogens with one attached hydrogen (secondary N) is 1. The zero-order valence-electron chi connectivity index (χ0n) is 13.1. The second-order valence-electron chi connectivity index (χ2n) is 5.66. The number of alkyl halides is 1. The minimum Gasteiger partial charge on any atom is -0.436 e. The number of benzene rings is 2. The van der Waals surface area contributed by atoms with Crippen molar-refractivity contribution < 1.29 is 9.52 Å². The molecule has 2 aromatic carbocycles. The highest BCUT2D eigenvalue weighted by molar-refractivity contribution is 6.18. The average Bonchev–Trinajstić information content (AvgIpc) is 2.96. The molecule has 1 unspecified atom stereocenters. The summed E-state index contributed by atoms with van der Waals surface area (Å²) in [5, 5.41) is 12.8. The zero-order chi connectivity index (χ0) is 16.4. The first-order valence-corrected chi connectivity index (χ1v) is 8.07. The van der Waals surface area contributed by atoms with Crippen molar-refractivity contribution in [3.05, 3.63) is 47.5 Å². The van der Waals surface area contributed by atoms with Gasteiger partial charge in [0.25, 0.3) is 0 Å². The zero-order valence-corrected chi connectivity index (χ0v) is 13.9. The Morgan fingerprint density at radius 1 is 1.26 bits per heavy atom. The SMILES string of the molecule is Cc1ccc2oc(-c3cccc(NCC(O)CCl)c3C)nc2c1. The van der Waals surface area contributed by atoms with Gasteiger partial charge in [-0.15, -0.1) is 11.6 Å². The van der Waals surface area contributed by atoms with E-state index in [1.54, 1.807) is 0 Å². The Labute approximate surface area is 140 Å². The van der Waals surface area contributed by atoms with Crippen LogP contribution in [0, 0.1) is 13.8 Å². The number of nitrogens with zero attached hydrogens (tertiary/aromatic N) is 1. The molecule has 5 heteroatoms. The largest absolute Gasteiger partial charge is 0.436 e. The third-order valence-electron chi connectivity index (χ3n) is 3.81. The van der Waals surface area contributed by atoms with Crippen LogP contribution < -0.4 is 5.32 Å². The third-order valence-corrected chi connectivity index (χ3v) is 4.17. The van der Waals surface area contributed by atoms with Crippen molar-refractivity contribution in [1.82, 2.24) is 4.98 Å². The summed E-state index contributed by atoms with van der Waals surface area (Å²) in [5.74, 6) is 0.806. The molecule has 4 nitrogen and oxygen atoms in total. The van der Waals surface area contributed by atoms with E-state index in [0.717, 1.165) is 33.5 Å². The third kappa shape index (κ3) is 3.33. The molecule has 3 aromatic rings. The number of oxazole rings is 1. The van der Waals surface area contributed by atoms with Gasteiger partial charge < -0.3 is 14.8 Å². The molecule has 0 saturated carbocycles. The van der Waals surface area contributed by atoms with Crippen molar-refractivity contribution in [1.29, 1.82) is 0 Å². The normalized spacial score (nSPS) is 12.5. The molecule has 0 saturated heterocycles. The number of aliphatic hydroxyl groups is 1. The summed E-state index contributed by atoms with van der Waals surface area (Å²) in [4.78, 5) is 4.59. The summed E-state index contributed by atoms with van der Waals surface area (Å²) in [7, 11) is 0. The quantitative estimate of drug-likeness (QED) is 0.691. The molecular formula is C18H19ClN2O2. The molecular weight excluding hydrogens is 312 g/mol. The van der Waals surface area contributed by atoms with Gasteiger partial charge in [-0.2, -0.15) is 0 Å². The molecule has 0 aliphatic heterocycles. The molecule has 0 amide bonds. The minimum absolute atomic E-state index is 0.205. The molecule has 3 rings (SSSR count). The molecule has 1 atom stereocenters. The van der Waals surface area contributed by atoms with E-state index < -0.39 is 6.10 Å². The van der Waals surface area contributed by atoms with Crippen LogP contribution >= 0.6 is 11.6 Å². The van der Waals surface area contributed by atoms with Crippen molar-refractivity contribution >= 4 is 28.4 Å². The number of aryl methyl sites for hydroxylation is 1. The summed E-state index contributed by atoms with van der Waals surface area (Å²) < 4.78 is 5.88. The highest BCUT2D eigenvalue weighted by Crippen LogP contribution is 2.30. The van der Waals surface area contributed by atoms with Crippen molar-refractivity contribution in [3.8, 4) is 11.5 Å². The molecule has 0 aliphatic carbocycles. The molecule has 0 spiro atoms. The molecule has 0 radical (unpaired) electrons. The van der Waals surface area contributed by atoms with Crippen molar-refractivity contribution in [3.63, 3.8) is 0 Å². The standard InChI is InChI=1S/C18H19ClN2O2/c1-11-6-7-17-16(8-11)21-18(23-17)14-4-3-5-15(12(14)2)20-10-13(22)9-19/h3-8,13,20,22H,9-10H2,1-2H3. The van der Waals surface area contributed by atoms with Crippen molar-refractivity contribution in [2.75, 3.05) is 17.7 Å². The number of anilines is 1. The van der Waals surface area contributed by atoms with E-state index >= 15 is 0 Å². The molecule has 0 fully saturated rings. The predicted molar refractivity (Wildman–Crippen MR) is 94.1 cm³/mol. The highest BCUT2D eigenvalue weighted by atomic mass is 35.5. The van der Waals surface area contributed by atoms with Crippen LogP contribution in [0.1, 0.15) is 11.1 Å². The van der Waals surface area contributed by atoms with E-state index in [9.17, 15) is 5.11 Å². The molecule has 1 aromatic heterocycles. The number of hydrogen-bond donors (Lipinski definition) is 2. The molecule has 120 valence electrons. The fraction of sp³-hybridized carbons (Fsp3) is 0.278. The van der Waals surface area contributed by atoms with Crippen LogP contribution in [-0.2, 0) is 0 Å². The van der Waals surface area contributed by atoms with E-state index in [1.807, 2.05) is 50.2 Å². The van der Waals surface area contributed by atoms with Crippen LogP contribution in [0.15, 0.2) is 40.8 Å². The van der Waals surface area contributed by atoms with Crippen LogP contribution in [0.4, 0.5) is 5.69 Å². The Morgan fingerprint density at radius 2 is 2.09 bits per heavy atom. The molecule has 1 heterocycles. The summed E-state index contributed by atoms with van der Waals surface area (Å²) in [6, 6.07) is 11.8. The van der Waals surface area contributed by atoms with Gasteiger partial charge >= 0.3 is 0 Å². The summed E-state index contributed by atoms with van der Waals surface area (Å²) in [6.45, 7) is 4.44. The second kappa shape index (κ2) is 6.60. The van der Waals surface area contributed by atoms with Gasteiger partial charge in [0.15, 0.2) is 5.58 Å². The van der Waals surface area contributed by atoms with Gasteiger partial charge in [-0.05, 0) is 49.2 Å². The van der Waals surface area contributed by atoms with Crippen LogP contribution in [-0.4, -0.2) is 28.6 Å². The number of hydrogen-bond acceptors (Lipinski definition) is 4. The van der Waals surface area contributed by atoms with Crippen molar-refractivity contribution in [2.45, 2.75) is 20.0 Å². The van der Waals surface area contributed by atoms with Gasteiger partial charge in [0.05, 0.1) is 12.0 Å². The van der Waals surface area contributed by atoms with Gasteiger partial charge in [-0.25, -0.2) is 4.98 Å². The highest BCUT2D eigenvalue weighted by Gasteiger charge is 2.13. The van der Waals surface area contributed by atoms with Gasteiger partial charge in [0.2, 0.25) is 5.89 Å². The first-order valence-electron chi connectivity index (χ1n) is 7.53. The van der Waals surface area contributed by atoms with Crippen molar-refractivity contribution in [2.24, 2.45) is 0 Å². The molecule has 0 bridgehead atoms. The summed E-state index contributed by atoms with van der Waals surface area (Å²) in [5.41, 5.74) is 5.68. The van der Waals surface area contributed by atoms with Gasteiger partial charge in [0.1, 0.15) is 5.52 Å². The average molecular weight is 331 g/mol. The maximum absolute atomic E-state index is 9.59. The van der Waals surface area contributed by atoms with Crippen LogP contribution in [0.5, 0.6) is 0 Å². The number of aromatic nitrogens is 1. The van der Waals surface area contributed by atoms with Crippen LogP contribution in [0.25, 0.3) is 22.6 Å². The summed E-state index contributed by atoms with van der Waals surface area (Å²) >= 11 is 5.63. The van der Waals surface area contributed by atoms with E-state index in [0.29, 0.717) is 12.4 Å². The van der Waals surface area contributed by atoms with E-state index in [2.05, 4.69) is 10.3 Å². The minimum atomic E-state index is -0.577. The van der Waals surface area contributed by atoms with E-state index in [4.69, 9.17) is 16.0 Å². The van der Waals surface area contributed by atoms with Gasteiger partial charge in [-0.3, -0.25) is 0 Å². The fourth-order valence-corrected chi connectivity index (χ4v) is 2.60. The first kappa shape index (κ1) is 15.8. The fourth-order valence-electron chi connectivity index (χ4n) is 2.49. The lowest BCUT2D eigenvalue weighted by Gasteiger charge is -2.13. The first-order chi connectivity index (χ1) is 11.1. The van der Waals surface area contributed by atoms with E-state index in [-0.39, 0.29) is 5.88 Å². The lowest BCUT2D eigenvalue weighted by molar-refractivity contribution is 0.211. The second-order valence-corrected chi connectivity index (χ2v) is 5.97. The number of aliphatic hydroxyl groups excluding tert-OH is 1. The predicted octanol–water partition coefficient (Wildman–Crippen LogP) is 4.12. The smallest absolute Gasteiger partial charge is 0.227 e. The Bertz CT molecular complexity index is 829. The topological polar surface area (TPSA) is 58.3 Å². The Balaban J connectivity index is 1.95. The maximum atomic E-state index is 9.59. The Hall–Kier alpha value is -2.04. The van der Waals surface area contributed by atoms with Crippen LogP contribution in [0.3, 0.4) is 0 Å². The lowest BCUT2D eigenvalue weighted by atomic mass is 10.1. The van der Waals surface area contributed by atoms with Crippen LogP contribution in [0.2, 0.25) is 0 Å². The number of halogens is 1. The lowest BCUT2D eigenvalue weighted by Crippen LogP contribution is -2.21. The number of fused-ring (bicyclic) bond motifs is 1. The molecule has 2 N–H and O–H groups in total. The number of rotatable bonds is 5. The molecule has 0 aliphatic rings. The maximum Gasteiger partial charge on any atom is 0.227 e. The monoisotopic (exact) mass is 330 g/mol. The molecule has 23 heavy (non-hydrogen) atoms. The van der Waals surface area contributed by atoms with E-state index in [1.165, 1.54) is 0 Å². The van der Waals surface area contributed by atoms with Gasteiger partial charge in [0, 0.05) is 17.8 Å². The Kier molecular flexibility index (Phi) is 4.55.